The lowest BCUT2D eigenvalue weighted by Crippen LogP contribution is -2.49. The maximum atomic E-state index is 9.46. The smallest absolute Gasteiger partial charge is 0.156 e. The molecule has 0 aromatic carbocycles. The summed E-state index contributed by atoms with van der Waals surface area (Å²) in [5, 5.41) is 15.2. The first kappa shape index (κ1) is 22.6. The van der Waals surface area contributed by atoms with Crippen LogP contribution in [0.4, 0.5) is 0 Å². The van der Waals surface area contributed by atoms with E-state index >= 15 is 0 Å². The van der Waals surface area contributed by atoms with E-state index in [-0.39, 0.29) is 12.0 Å². The summed E-state index contributed by atoms with van der Waals surface area (Å²) < 4.78 is 7.59. The highest BCUT2D eigenvalue weighted by Gasteiger charge is 2.29. The number of nitrogens with zero attached hydrogens (tertiary/aromatic N) is 4. The molecule has 1 aliphatic carbocycles. The molecule has 0 saturated carbocycles. The van der Waals surface area contributed by atoms with Crippen LogP contribution in [0.1, 0.15) is 51.8 Å². The highest BCUT2D eigenvalue weighted by molar-refractivity contribution is 5.57. The number of fused-ring (bicyclic) bond motifs is 1. The Labute approximate surface area is 180 Å². The second-order valence-electron chi connectivity index (χ2n) is 8.91. The van der Waals surface area contributed by atoms with Crippen molar-refractivity contribution < 1.29 is 4.74 Å². The van der Waals surface area contributed by atoms with E-state index in [0.29, 0.717) is 5.92 Å². The fourth-order valence-electron chi connectivity index (χ4n) is 4.51. The van der Waals surface area contributed by atoms with Gasteiger partial charge < -0.3 is 19.5 Å². The van der Waals surface area contributed by atoms with Crippen LogP contribution in [0.15, 0.2) is 6.58 Å². The molecule has 0 amide bonds. The van der Waals surface area contributed by atoms with Gasteiger partial charge in [-0.05, 0) is 38.0 Å². The molecule has 0 spiro atoms. The van der Waals surface area contributed by atoms with Gasteiger partial charge >= 0.3 is 0 Å². The molecule has 0 radical (unpaired) electrons. The number of nitrogens with one attached hydrogen (secondary N) is 1. The average Bonchev–Trinajstić information content (AvgIpc) is 3.13. The predicted molar refractivity (Wildman–Crippen MR) is 122 cm³/mol. The van der Waals surface area contributed by atoms with E-state index in [0.717, 1.165) is 81.8 Å². The van der Waals surface area contributed by atoms with Crippen LogP contribution < -0.4 is 16.0 Å². The van der Waals surface area contributed by atoms with Crippen molar-refractivity contribution in [1.82, 2.24) is 19.8 Å². The van der Waals surface area contributed by atoms with Crippen molar-refractivity contribution in [3.63, 3.8) is 0 Å². The molecule has 0 bridgehead atoms. The van der Waals surface area contributed by atoms with Crippen molar-refractivity contribution in [2.24, 2.45) is 11.8 Å². The summed E-state index contributed by atoms with van der Waals surface area (Å²) in [6.45, 7) is 13.3. The lowest BCUT2D eigenvalue weighted by molar-refractivity contribution is 0.191. The number of imidazole rings is 1. The third-order valence-electron chi connectivity index (χ3n) is 5.97. The zero-order valence-electron chi connectivity index (χ0n) is 18.9. The van der Waals surface area contributed by atoms with Crippen LogP contribution >= 0.6 is 0 Å². The summed E-state index contributed by atoms with van der Waals surface area (Å²) in [5.74, 6) is 1.53. The molecule has 2 heterocycles. The quantitative estimate of drug-likeness (QED) is 0.597. The third-order valence-corrected chi connectivity index (χ3v) is 5.97. The lowest BCUT2D eigenvalue weighted by Gasteiger charge is -2.39. The number of ether oxygens (including phenoxy) is 1. The number of hydrogen-bond acceptors (Lipinski definition) is 5. The van der Waals surface area contributed by atoms with Crippen molar-refractivity contribution >= 4 is 17.8 Å². The molecule has 1 N–H and O–H groups in total. The van der Waals surface area contributed by atoms with Crippen LogP contribution in [-0.4, -0.2) is 53.8 Å². The van der Waals surface area contributed by atoms with Gasteiger partial charge in [0, 0.05) is 45.9 Å². The zero-order valence-corrected chi connectivity index (χ0v) is 18.9. The molecule has 2 atom stereocenters. The molecule has 2 unspecified atom stereocenters. The van der Waals surface area contributed by atoms with Gasteiger partial charge in [-0.25, -0.2) is 4.98 Å². The van der Waals surface area contributed by atoms with E-state index < -0.39 is 0 Å². The van der Waals surface area contributed by atoms with Gasteiger partial charge in [-0.2, -0.15) is 5.26 Å². The van der Waals surface area contributed by atoms with Gasteiger partial charge in [0.2, 0.25) is 0 Å². The molecule has 1 saturated heterocycles. The van der Waals surface area contributed by atoms with Gasteiger partial charge in [-0.15, -0.1) is 0 Å². The van der Waals surface area contributed by atoms with Gasteiger partial charge in [-0.1, -0.05) is 32.6 Å². The maximum absolute atomic E-state index is 9.46. The van der Waals surface area contributed by atoms with Crippen LogP contribution in [-0.2, 0) is 11.3 Å². The number of methoxy groups -OCH3 is 1. The van der Waals surface area contributed by atoms with Crippen molar-refractivity contribution in [2.75, 3.05) is 33.4 Å². The normalized spacial score (nSPS) is 20.8. The van der Waals surface area contributed by atoms with Crippen LogP contribution in [0.3, 0.4) is 0 Å². The Bertz CT molecular complexity index is 879. The Morgan fingerprint density at radius 3 is 2.90 bits per heavy atom. The topological polar surface area (TPSA) is 66.1 Å². The van der Waals surface area contributed by atoms with Crippen LogP contribution in [0.25, 0.3) is 17.8 Å². The van der Waals surface area contributed by atoms with E-state index in [9.17, 15) is 5.26 Å². The first-order valence-corrected chi connectivity index (χ1v) is 11.4. The molecular formula is C24H37N5O. The molecule has 1 aromatic rings. The van der Waals surface area contributed by atoms with Gasteiger partial charge in [-0.3, -0.25) is 0 Å². The molecule has 164 valence electrons. The van der Waals surface area contributed by atoms with E-state index in [1.807, 2.05) is 0 Å². The number of hydrogen-bond donors (Lipinski definition) is 1. The van der Waals surface area contributed by atoms with Crippen molar-refractivity contribution in [3.8, 4) is 6.07 Å². The fraction of sp³-hybridized carbons (Fsp3) is 0.667. The number of piperidine rings is 1. The first-order valence-electron chi connectivity index (χ1n) is 11.4. The van der Waals surface area contributed by atoms with Crippen molar-refractivity contribution in [2.45, 2.75) is 58.5 Å². The largest absolute Gasteiger partial charge is 0.385 e. The maximum Gasteiger partial charge on any atom is 0.156 e. The summed E-state index contributed by atoms with van der Waals surface area (Å²) in [6, 6.07) is 2.72. The summed E-state index contributed by atoms with van der Waals surface area (Å²) >= 11 is 0. The van der Waals surface area contributed by atoms with Crippen LogP contribution in [0.2, 0.25) is 0 Å². The fourth-order valence-corrected chi connectivity index (χ4v) is 4.51. The van der Waals surface area contributed by atoms with Crippen LogP contribution in [0.5, 0.6) is 0 Å². The number of rotatable bonds is 10. The SMILES string of the molecule is C=C(c1nc2c(n1CCCCOC)=CCCC=2)N(CC(C)C)C1CNCC(C#N)C1. The highest BCUT2D eigenvalue weighted by Crippen LogP contribution is 2.25. The summed E-state index contributed by atoms with van der Waals surface area (Å²) in [6.07, 6.45) is 9.64. The molecule has 30 heavy (non-hydrogen) atoms. The molecule has 1 aromatic heterocycles. The lowest BCUT2D eigenvalue weighted by atomic mass is 9.95. The third kappa shape index (κ3) is 5.33. The van der Waals surface area contributed by atoms with E-state index in [4.69, 9.17) is 9.72 Å². The molecule has 2 aliphatic rings. The zero-order chi connectivity index (χ0) is 21.5. The Morgan fingerprint density at radius 2 is 2.17 bits per heavy atom. The Balaban J connectivity index is 1.92. The molecule has 6 nitrogen and oxygen atoms in total. The minimum atomic E-state index is 0.0508. The van der Waals surface area contributed by atoms with E-state index in [1.165, 1.54) is 5.35 Å². The molecule has 1 aliphatic heterocycles. The highest BCUT2D eigenvalue weighted by atomic mass is 16.5. The van der Waals surface area contributed by atoms with Crippen molar-refractivity contribution in [3.05, 3.63) is 23.1 Å². The van der Waals surface area contributed by atoms with Gasteiger partial charge in [0.25, 0.3) is 0 Å². The van der Waals surface area contributed by atoms with Gasteiger partial charge in [0.1, 0.15) is 0 Å². The van der Waals surface area contributed by atoms with Gasteiger partial charge in [0.05, 0.1) is 28.4 Å². The summed E-state index contributed by atoms with van der Waals surface area (Å²) in [4.78, 5) is 7.43. The van der Waals surface area contributed by atoms with E-state index in [2.05, 4.69) is 53.4 Å². The second-order valence-corrected chi connectivity index (χ2v) is 8.91. The Hall–Kier alpha value is -2.10. The minimum absolute atomic E-state index is 0.0508. The monoisotopic (exact) mass is 411 g/mol. The molecule has 1 fully saturated rings. The van der Waals surface area contributed by atoms with E-state index in [1.54, 1.807) is 7.11 Å². The number of unbranched alkanes of at least 4 members (excludes halogenated alkanes) is 1. The Morgan fingerprint density at radius 1 is 1.37 bits per heavy atom. The minimum Gasteiger partial charge on any atom is -0.385 e. The summed E-state index contributed by atoms with van der Waals surface area (Å²) in [5.41, 5.74) is 0.983. The molecule has 3 rings (SSSR count). The number of aromatic nitrogens is 2. The molecular weight excluding hydrogens is 374 g/mol. The summed E-state index contributed by atoms with van der Waals surface area (Å²) in [7, 11) is 1.76. The first-order chi connectivity index (χ1) is 14.5. The Kier molecular flexibility index (Phi) is 8.12. The van der Waals surface area contributed by atoms with Crippen molar-refractivity contribution in [1.29, 1.82) is 5.26 Å². The predicted octanol–water partition coefficient (Wildman–Crippen LogP) is 2.09. The number of nitriles is 1. The average molecular weight is 412 g/mol. The van der Waals surface area contributed by atoms with Crippen LogP contribution in [0, 0.1) is 23.2 Å². The second kappa shape index (κ2) is 10.8. The standard InChI is InChI=1S/C24H37N5O/c1-18(2)17-29(21-13-20(14-25)15-26-16-21)19(3)24-27-22-9-5-6-10-23(22)28(24)11-7-8-12-30-4/h9-10,18,20-21,26H,3,5-8,11-13,15-17H2,1-2,4H3. The molecule has 6 heteroatoms. The van der Waals surface area contributed by atoms with Gasteiger partial charge in [0.15, 0.2) is 5.82 Å².